The van der Waals surface area contributed by atoms with E-state index in [1.807, 2.05) is 6.07 Å². The number of amides is 2. The first kappa shape index (κ1) is 25.5. The second-order valence-corrected chi connectivity index (χ2v) is 8.84. The Kier molecular flexibility index (Phi) is 9.30. The Hall–Kier alpha value is -3.10. The molecule has 0 radical (unpaired) electrons. The Morgan fingerprint density at radius 3 is 2.53 bits per heavy atom. The SMILES string of the molecule is O=C(CNC(=O)c1cccc(NC2=NCCCCC2)c1)NC(Cc1cc(Cl)cc(Cl)c1)C(=O)O. The van der Waals surface area contributed by atoms with Crippen LogP contribution in [-0.2, 0) is 16.0 Å². The molecule has 1 aliphatic heterocycles. The molecule has 0 saturated heterocycles. The van der Waals surface area contributed by atoms with Crippen molar-refractivity contribution in [2.24, 2.45) is 4.99 Å². The van der Waals surface area contributed by atoms with Gasteiger partial charge in [0.2, 0.25) is 5.91 Å². The van der Waals surface area contributed by atoms with Crippen molar-refractivity contribution in [1.82, 2.24) is 10.6 Å². The number of carbonyl (C=O) groups is 3. The summed E-state index contributed by atoms with van der Waals surface area (Å²) in [5, 5.41) is 18.4. The number of carboxylic acid groups (broad SMARTS) is 1. The topological polar surface area (TPSA) is 120 Å². The molecular formula is C24H26Cl2N4O4. The van der Waals surface area contributed by atoms with E-state index in [-0.39, 0.29) is 13.0 Å². The third-order valence-corrected chi connectivity index (χ3v) is 5.63. The zero-order valence-electron chi connectivity index (χ0n) is 18.4. The van der Waals surface area contributed by atoms with Crippen LogP contribution in [0.5, 0.6) is 0 Å². The number of carbonyl (C=O) groups excluding carboxylic acids is 2. The predicted octanol–water partition coefficient (Wildman–Crippen LogP) is 3.92. The highest BCUT2D eigenvalue weighted by Crippen LogP contribution is 2.20. The Morgan fingerprint density at radius 2 is 1.79 bits per heavy atom. The van der Waals surface area contributed by atoms with Crippen molar-refractivity contribution in [2.75, 3.05) is 18.4 Å². The van der Waals surface area contributed by atoms with Crippen LogP contribution < -0.4 is 16.0 Å². The van der Waals surface area contributed by atoms with Gasteiger partial charge in [-0.1, -0.05) is 35.7 Å². The molecule has 2 aromatic rings. The highest BCUT2D eigenvalue weighted by Gasteiger charge is 2.21. The third-order valence-electron chi connectivity index (χ3n) is 5.19. The standard InChI is InChI=1S/C24H26Cl2N4O4/c25-17-9-15(10-18(26)13-17)11-20(24(33)34)30-22(31)14-28-23(32)16-5-4-6-19(12-16)29-21-7-2-1-3-8-27-21/h4-6,9-10,12-13,20H,1-3,7-8,11,14H2,(H,27,29)(H,28,32)(H,30,31)(H,33,34). The van der Waals surface area contributed by atoms with Crippen molar-refractivity contribution in [1.29, 1.82) is 0 Å². The van der Waals surface area contributed by atoms with Crippen molar-refractivity contribution >= 4 is 52.5 Å². The summed E-state index contributed by atoms with van der Waals surface area (Å²) in [4.78, 5) is 41.0. The summed E-state index contributed by atoms with van der Waals surface area (Å²) in [6.45, 7) is 0.419. The molecule has 0 bridgehead atoms. The van der Waals surface area contributed by atoms with Gasteiger partial charge in [0.25, 0.3) is 5.91 Å². The largest absolute Gasteiger partial charge is 0.480 e. The van der Waals surface area contributed by atoms with Gasteiger partial charge in [-0.05, 0) is 54.8 Å². The summed E-state index contributed by atoms with van der Waals surface area (Å²) in [7, 11) is 0. The number of hydrogen-bond donors (Lipinski definition) is 4. The number of anilines is 1. The van der Waals surface area contributed by atoms with Crippen LogP contribution in [0.4, 0.5) is 5.69 Å². The first-order valence-electron chi connectivity index (χ1n) is 11.0. The lowest BCUT2D eigenvalue weighted by Gasteiger charge is -2.15. The molecule has 4 N–H and O–H groups in total. The zero-order chi connectivity index (χ0) is 24.5. The van der Waals surface area contributed by atoms with Gasteiger partial charge in [0.05, 0.1) is 6.54 Å². The van der Waals surface area contributed by atoms with Gasteiger partial charge >= 0.3 is 5.97 Å². The van der Waals surface area contributed by atoms with Crippen LogP contribution in [0.1, 0.15) is 41.6 Å². The summed E-state index contributed by atoms with van der Waals surface area (Å²) in [5.74, 6) is -1.39. The van der Waals surface area contributed by atoms with Crippen LogP contribution >= 0.6 is 23.2 Å². The Bertz CT molecular complexity index is 1070. The number of halogens is 2. The molecule has 3 rings (SSSR count). The molecule has 1 unspecified atom stereocenters. The van der Waals surface area contributed by atoms with E-state index in [4.69, 9.17) is 23.2 Å². The number of rotatable bonds is 8. The predicted molar refractivity (Wildman–Crippen MR) is 133 cm³/mol. The molecular weight excluding hydrogens is 479 g/mol. The first-order chi connectivity index (χ1) is 16.3. The van der Waals surface area contributed by atoms with E-state index in [2.05, 4.69) is 20.9 Å². The lowest BCUT2D eigenvalue weighted by Crippen LogP contribution is -2.46. The molecule has 10 heteroatoms. The highest BCUT2D eigenvalue weighted by atomic mass is 35.5. The van der Waals surface area contributed by atoms with Crippen molar-refractivity contribution in [3.8, 4) is 0 Å². The van der Waals surface area contributed by atoms with E-state index in [1.54, 1.807) is 30.3 Å². The zero-order valence-corrected chi connectivity index (χ0v) is 20.0. The molecule has 0 aromatic heterocycles. The van der Waals surface area contributed by atoms with Gasteiger partial charge in [-0.3, -0.25) is 14.6 Å². The van der Waals surface area contributed by atoms with Gasteiger partial charge < -0.3 is 21.1 Å². The summed E-state index contributed by atoms with van der Waals surface area (Å²) in [6.07, 6.45) is 4.15. The minimum atomic E-state index is -1.21. The molecule has 0 fully saturated rings. The quantitative estimate of drug-likeness (QED) is 0.434. The fraction of sp³-hybridized carbons (Fsp3) is 0.333. The number of aliphatic imine (C=N–C) groups is 1. The fourth-order valence-corrected chi connectivity index (χ4v) is 4.12. The van der Waals surface area contributed by atoms with Crippen molar-refractivity contribution < 1.29 is 19.5 Å². The number of amidine groups is 1. The lowest BCUT2D eigenvalue weighted by atomic mass is 10.1. The number of nitrogens with zero attached hydrogens (tertiary/aromatic N) is 1. The summed E-state index contributed by atoms with van der Waals surface area (Å²) >= 11 is 11.9. The smallest absolute Gasteiger partial charge is 0.326 e. The van der Waals surface area contributed by atoms with Gasteiger partial charge in [-0.25, -0.2) is 4.79 Å². The molecule has 1 heterocycles. The number of nitrogens with one attached hydrogen (secondary N) is 3. The maximum Gasteiger partial charge on any atom is 0.326 e. The highest BCUT2D eigenvalue weighted by molar-refractivity contribution is 6.34. The minimum Gasteiger partial charge on any atom is -0.480 e. The summed E-state index contributed by atoms with van der Waals surface area (Å²) < 4.78 is 0. The lowest BCUT2D eigenvalue weighted by molar-refractivity contribution is -0.141. The Labute approximate surface area is 207 Å². The molecule has 1 aliphatic rings. The van der Waals surface area contributed by atoms with Crippen LogP contribution in [-0.4, -0.2) is 47.9 Å². The number of hydrogen-bond acceptors (Lipinski definition) is 5. The van der Waals surface area contributed by atoms with Crippen molar-refractivity contribution in [3.05, 3.63) is 63.6 Å². The average Bonchev–Trinajstić information content (AvgIpc) is 3.05. The van der Waals surface area contributed by atoms with Crippen LogP contribution in [0, 0.1) is 0 Å². The first-order valence-corrected chi connectivity index (χ1v) is 11.7. The van der Waals surface area contributed by atoms with Crippen molar-refractivity contribution in [3.63, 3.8) is 0 Å². The van der Waals surface area contributed by atoms with Crippen LogP contribution in [0.2, 0.25) is 10.0 Å². The second-order valence-electron chi connectivity index (χ2n) is 7.97. The minimum absolute atomic E-state index is 0.00704. The number of benzene rings is 2. The van der Waals surface area contributed by atoms with Gasteiger partial charge in [-0.15, -0.1) is 0 Å². The summed E-state index contributed by atoms with van der Waals surface area (Å²) in [6, 6.07) is 10.4. The van der Waals surface area contributed by atoms with Gasteiger partial charge in [0, 0.05) is 40.7 Å². The van der Waals surface area contributed by atoms with E-state index in [0.717, 1.165) is 43.8 Å². The monoisotopic (exact) mass is 504 g/mol. The molecule has 0 aliphatic carbocycles. The average molecular weight is 505 g/mol. The molecule has 180 valence electrons. The maximum absolute atomic E-state index is 12.5. The van der Waals surface area contributed by atoms with E-state index < -0.39 is 23.8 Å². The van der Waals surface area contributed by atoms with Gasteiger partial charge in [0.1, 0.15) is 11.9 Å². The molecule has 0 spiro atoms. The molecule has 2 amide bonds. The van der Waals surface area contributed by atoms with E-state index in [0.29, 0.717) is 21.2 Å². The maximum atomic E-state index is 12.5. The number of aliphatic carboxylic acids is 1. The van der Waals surface area contributed by atoms with Crippen LogP contribution in [0.15, 0.2) is 47.5 Å². The number of carboxylic acids is 1. The van der Waals surface area contributed by atoms with Crippen LogP contribution in [0.25, 0.3) is 0 Å². The molecule has 2 aromatic carbocycles. The van der Waals surface area contributed by atoms with Gasteiger partial charge in [-0.2, -0.15) is 0 Å². The molecule has 0 saturated carbocycles. The third kappa shape index (κ3) is 8.04. The fourth-order valence-electron chi connectivity index (χ4n) is 3.55. The molecule has 1 atom stereocenters. The summed E-state index contributed by atoms with van der Waals surface area (Å²) in [5.41, 5.74) is 1.68. The van der Waals surface area contributed by atoms with Crippen molar-refractivity contribution in [2.45, 2.75) is 38.1 Å². The normalized spacial score (nSPS) is 14.4. The van der Waals surface area contributed by atoms with Crippen LogP contribution in [0.3, 0.4) is 0 Å². The van der Waals surface area contributed by atoms with E-state index in [1.165, 1.54) is 6.07 Å². The van der Waals surface area contributed by atoms with Gasteiger partial charge in [0.15, 0.2) is 0 Å². The molecule has 8 nitrogen and oxygen atoms in total. The van der Waals surface area contributed by atoms with E-state index >= 15 is 0 Å². The van der Waals surface area contributed by atoms with E-state index in [9.17, 15) is 19.5 Å². The molecule has 34 heavy (non-hydrogen) atoms. The Balaban J connectivity index is 1.54. The second kappa shape index (κ2) is 12.4. The Morgan fingerprint density at radius 1 is 1.03 bits per heavy atom.